The van der Waals surface area contributed by atoms with Crippen LogP contribution in [0.2, 0.25) is 0 Å². The van der Waals surface area contributed by atoms with E-state index in [9.17, 15) is 8.42 Å². The summed E-state index contributed by atoms with van der Waals surface area (Å²) >= 11 is 0. The van der Waals surface area contributed by atoms with Gasteiger partial charge < -0.3 is 5.32 Å². The van der Waals surface area contributed by atoms with Crippen molar-refractivity contribution in [2.75, 3.05) is 12.3 Å². The van der Waals surface area contributed by atoms with Gasteiger partial charge in [0.05, 0.1) is 5.75 Å². The third-order valence-electron chi connectivity index (χ3n) is 4.29. The number of hydrogen-bond donors (Lipinski definition) is 2. The first-order valence-corrected chi connectivity index (χ1v) is 9.45. The predicted octanol–water partition coefficient (Wildman–Crippen LogP) is 2.02. The maximum absolute atomic E-state index is 12.0. The highest BCUT2D eigenvalue weighted by molar-refractivity contribution is 7.89. The molecule has 2 aliphatic carbocycles. The van der Waals surface area contributed by atoms with Crippen LogP contribution in [0.5, 0.6) is 0 Å². The number of rotatable bonds is 8. The van der Waals surface area contributed by atoms with Gasteiger partial charge in [-0.05, 0) is 51.0 Å². The highest BCUT2D eigenvalue weighted by atomic mass is 32.2. The van der Waals surface area contributed by atoms with Crippen molar-refractivity contribution in [1.82, 2.24) is 10.0 Å². The zero-order valence-corrected chi connectivity index (χ0v) is 12.8. The minimum atomic E-state index is -3.08. The monoisotopic (exact) mass is 288 g/mol. The predicted molar refractivity (Wildman–Crippen MR) is 78.6 cm³/mol. The van der Waals surface area contributed by atoms with Gasteiger partial charge in [0.1, 0.15) is 0 Å². The standard InChI is InChI=1S/C14H28N2O2S/c1-12-6-2-3-7-14(12)16-19(17,18)11-5-4-10-15-13-8-9-13/h12-16H,2-11H2,1H3. The molecule has 0 aromatic carbocycles. The Hall–Kier alpha value is -0.130. The molecule has 19 heavy (non-hydrogen) atoms. The first kappa shape index (κ1) is 15.3. The minimum Gasteiger partial charge on any atom is -0.314 e. The van der Waals surface area contributed by atoms with E-state index in [1.807, 2.05) is 0 Å². The Morgan fingerprint density at radius 1 is 1.05 bits per heavy atom. The zero-order chi connectivity index (χ0) is 13.7. The smallest absolute Gasteiger partial charge is 0.211 e. The Morgan fingerprint density at radius 2 is 1.79 bits per heavy atom. The third-order valence-corrected chi connectivity index (χ3v) is 5.78. The Bertz CT molecular complexity index is 366. The summed E-state index contributed by atoms with van der Waals surface area (Å²) in [6.07, 6.45) is 8.85. The van der Waals surface area contributed by atoms with Gasteiger partial charge in [-0.25, -0.2) is 13.1 Å². The molecule has 0 bridgehead atoms. The second kappa shape index (κ2) is 7.04. The summed E-state index contributed by atoms with van der Waals surface area (Å²) in [5, 5.41) is 3.42. The maximum atomic E-state index is 12.0. The lowest BCUT2D eigenvalue weighted by atomic mass is 9.87. The van der Waals surface area contributed by atoms with E-state index in [1.54, 1.807) is 0 Å². The van der Waals surface area contributed by atoms with Crippen molar-refractivity contribution in [3.05, 3.63) is 0 Å². The van der Waals surface area contributed by atoms with E-state index in [4.69, 9.17) is 0 Å². The van der Waals surface area contributed by atoms with Gasteiger partial charge in [0, 0.05) is 12.1 Å². The summed E-state index contributed by atoms with van der Waals surface area (Å²) in [5.41, 5.74) is 0. The van der Waals surface area contributed by atoms with Crippen LogP contribution in [-0.4, -0.2) is 32.8 Å². The fraction of sp³-hybridized carbons (Fsp3) is 1.00. The Morgan fingerprint density at radius 3 is 2.47 bits per heavy atom. The normalized spacial score (nSPS) is 28.5. The minimum absolute atomic E-state index is 0.170. The molecule has 2 saturated carbocycles. The van der Waals surface area contributed by atoms with Crippen molar-refractivity contribution in [1.29, 1.82) is 0 Å². The SMILES string of the molecule is CC1CCCCC1NS(=O)(=O)CCCCNC1CC1. The molecule has 0 amide bonds. The van der Waals surface area contributed by atoms with Crippen molar-refractivity contribution in [2.24, 2.45) is 5.92 Å². The van der Waals surface area contributed by atoms with E-state index in [0.29, 0.717) is 5.92 Å². The molecule has 2 fully saturated rings. The molecule has 2 aliphatic rings. The molecule has 0 saturated heterocycles. The second-order valence-corrected chi connectivity index (χ2v) is 8.11. The quantitative estimate of drug-likeness (QED) is 0.672. The van der Waals surface area contributed by atoms with Gasteiger partial charge >= 0.3 is 0 Å². The van der Waals surface area contributed by atoms with E-state index < -0.39 is 10.0 Å². The highest BCUT2D eigenvalue weighted by Crippen LogP contribution is 2.24. The molecule has 2 N–H and O–H groups in total. The Kier molecular flexibility index (Phi) is 5.66. The first-order valence-electron chi connectivity index (χ1n) is 7.80. The summed E-state index contributed by atoms with van der Waals surface area (Å²) < 4.78 is 27.0. The van der Waals surface area contributed by atoms with Gasteiger partial charge in [0.2, 0.25) is 10.0 Å². The molecule has 0 aliphatic heterocycles. The molecular weight excluding hydrogens is 260 g/mol. The molecule has 0 aromatic rings. The molecule has 2 unspecified atom stereocenters. The van der Waals surface area contributed by atoms with Crippen molar-refractivity contribution >= 4 is 10.0 Å². The molecule has 5 heteroatoms. The fourth-order valence-electron chi connectivity index (χ4n) is 2.79. The van der Waals surface area contributed by atoms with E-state index in [2.05, 4.69) is 17.0 Å². The average molecular weight is 288 g/mol. The van der Waals surface area contributed by atoms with Crippen LogP contribution in [-0.2, 0) is 10.0 Å². The fourth-order valence-corrected chi connectivity index (χ4v) is 4.31. The third kappa shape index (κ3) is 5.79. The topological polar surface area (TPSA) is 58.2 Å². The van der Waals surface area contributed by atoms with Gasteiger partial charge in [0.15, 0.2) is 0 Å². The molecule has 2 atom stereocenters. The van der Waals surface area contributed by atoms with Crippen molar-refractivity contribution < 1.29 is 8.42 Å². The van der Waals surface area contributed by atoms with E-state index in [0.717, 1.165) is 44.7 Å². The summed E-state index contributed by atoms with van der Waals surface area (Å²) in [7, 11) is -3.08. The lowest BCUT2D eigenvalue weighted by molar-refractivity contribution is 0.310. The van der Waals surface area contributed by atoms with E-state index in [-0.39, 0.29) is 11.8 Å². The van der Waals surface area contributed by atoms with Gasteiger partial charge in [-0.1, -0.05) is 19.8 Å². The molecule has 0 aromatic heterocycles. The van der Waals surface area contributed by atoms with Crippen LogP contribution in [0.15, 0.2) is 0 Å². The molecule has 2 rings (SSSR count). The van der Waals surface area contributed by atoms with Gasteiger partial charge in [-0.2, -0.15) is 0 Å². The Balaban J connectivity index is 1.62. The number of hydrogen-bond acceptors (Lipinski definition) is 3. The Labute approximate surface area is 117 Å². The molecule has 4 nitrogen and oxygen atoms in total. The van der Waals surface area contributed by atoms with Crippen LogP contribution < -0.4 is 10.0 Å². The number of sulfonamides is 1. The molecular formula is C14H28N2O2S. The van der Waals surface area contributed by atoms with Crippen LogP contribution in [0, 0.1) is 5.92 Å². The van der Waals surface area contributed by atoms with Crippen LogP contribution in [0.4, 0.5) is 0 Å². The summed E-state index contributed by atoms with van der Waals surface area (Å²) in [6, 6.07) is 0.890. The molecule has 0 spiro atoms. The zero-order valence-electron chi connectivity index (χ0n) is 12.0. The summed E-state index contributed by atoms with van der Waals surface area (Å²) in [6.45, 7) is 3.12. The largest absolute Gasteiger partial charge is 0.314 e. The van der Waals surface area contributed by atoms with Crippen LogP contribution in [0.25, 0.3) is 0 Å². The van der Waals surface area contributed by atoms with Crippen molar-refractivity contribution in [3.8, 4) is 0 Å². The maximum Gasteiger partial charge on any atom is 0.211 e. The molecule has 0 radical (unpaired) electrons. The molecule has 0 heterocycles. The second-order valence-electron chi connectivity index (χ2n) is 6.24. The lowest BCUT2D eigenvalue weighted by Crippen LogP contribution is -2.42. The number of unbranched alkanes of at least 4 members (excludes halogenated alkanes) is 1. The van der Waals surface area contributed by atoms with Gasteiger partial charge in [-0.15, -0.1) is 0 Å². The lowest BCUT2D eigenvalue weighted by Gasteiger charge is -2.29. The highest BCUT2D eigenvalue weighted by Gasteiger charge is 2.25. The van der Waals surface area contributed by atoms with Gasteiger partial charge in [-0.3, -0.25) is 0 Å². The van der Waals surface area contributed by atoms with Crippen LogP contribution in [0.3, 0.4) is 0 Å². The number of nitrogens with one attached hydrogen (secondary N) is 2. The molecule has 112 valence electrons. The van der Waals surface area contributed by atoms with Crippen molar-refractivity contribution in [3.63, 3.8) is 0 Å². The van der Waals surface area contributed by atoms with E-state index >= 15 is 0 Å². The first-order chi connectivity index (χ1) is 9.07. The van der Waals surface area contributed by atoms with Crippen molar-refractivity contribution in [2.45, 2.75) is 70.4 Å². The van der Waals surface area contributed by atoms with E-state index in [1.165, 1.54) is 19.3 Å². The summed E-state index contributed by atoms with van der Waals surface area (Å²) in [4.78, 5) is 0. The van der Waals surface area contributed by atoms with Gasteiger partial charge in [0.25, 0.3) is 0 Å². The summed E-state index contributed by atoms with van der Waals surface area (Å²) in [5.74, 6) is 0.766. The van der Waals surface area contributed by atoms with Crippen LogP contribution in [0.1, 0.15) is 58.3 Å². The van der Waals surface area contributed by atoms with Crippen LogP contribution >= 0.6 is 0 Å². The average Bonchev–Trinajstić information content (AvgIpc) is 3.15.